The van der Waals surface area contributed by atoms with Crippen LogP contribution in [0.5, 0.6) is 0 Å². The maximum absolute atomic E-state index is 12.9. The van der Waals surface area contributed by atoms with Gasteiger partial charge in [-0.2, -0.15) is 0 Å². The predicted octanol–water partition coefficient (Wildman–Crippen LogP) is 0.567. The van der Waals surface area contributed by atoms with E-state index < -0.39 is 23.8 Å². The first kappa shape index (κ1) is 19.4. The van der Waals surface area contributed by atoms with Crippen molar-refractivity contribution in [1.82, 2.24) is 20.9 Å². The minimum absolute atomic E-state index is 0.121. The number of rotatable bonds is 5. The molecule has 5 rings (SSSR count). The standard InChI is InChI=1S/C22H26N4O4/c27-18-4-3-17(19(28)25-18)26-20(29)15-2-1-13(7-16(15)21(26)30)9-23-11-22-6-5-14(8-22)10-24-12-22/h1-2,7,14,17,23-24H,3-6,8-12H2,(H,25,27,28). The van der Waals surface area contributed by atoms with Crippen molar-refractivity contribution in [3.05, 3.63) is 34.9 Å². The van der Waals surface area contributed by atoms with Gasteiger partial charge in [-0.3, -0.25) is 29.4 Å². The third-order valence-corrected chi connectivity index (χ3v) is 7.07. The Labute approximate surface area is 174 Å². The third kappa shape index (κ3) is 3.24. The molecule has 3 N–H and O–H groups in total. The maximum atomic E-state index is 12.9. The van der Waals surface area contributed by atoms with Gasteiger partial charge in [-0.05, 0) is 61.3 Å². The van der Waals surface area contributed by atoms with E-state index in [1.54, 1.807) is 12.1 Å². The van der Waals surface area contributed by atoms with Gasteiger partial charge in [-0.25, -0.2) is 0 Å². The lowest BCUT2D eigenvalue weighted by Crippen LogP contribution is -2.54. The average molecular weight is 410 g/mol. The summed E-state index contributed by atoms with van der Waals surface area (Å²) in [5.41, 5.74) is 1.92. The minimum atomic E-state index is -0.926. The van der Waals surface area contributed by atoms with Crippen molar-refractivity contribution in [3.8, 4) is 0 Å². The van der Waals surface area contributed by atoms with Crippen LogP contribution in [0.25, 0.3) is 0 Å². The SMILES string of the molecule is O=C1CCC(N2C(=O)c3ccc(CNCC45CCC(CNC4)C5)cc3C2=O)C(=O)N1. The summed E-state index contributed by atoms with van der Waals surface area (Å²) in [5, 5.41) is 9.30. The van der Waals surface area contributed by atoms with E-state index in [2.05, 4.69) is 16.0 Å². The van der Waals surface area contributed by atoms with Crippen molar-refractivity contribution >= 4 is 23.6 Å². The molecule has 3 atom stereocenters. The molecular weight excluding hydrogens is 384 g/mol. The Morgan fingerprint density at radius 3 is 2.77 bits per heavy atom. The number of nitrogens with zero attached hydrogens (tertiary/aromatic N) is 1. The number of benzene rings is 1. The van der Waals surface area contributed by atoms with Crippen LogP contribution in [0.1, 0.15) is 58.4 Å². The van der Waals surface area contributed by atoms with Crippen molar-refractivity contribution in [1.29, 1.82) is 0 Å². The number of piperidine rings is 2. The normalized spacial score (nSPS) is 30.6. The minimum Gasteiger partial charge on any atom is -0.316 e. The number of nitrogens with one attached hydrogen (secondary N) is 3. The van der Waals surface area contributed by atoms with Gasteiger partial charge in [0, 0.05) is 26.1 Å². The Morgan fingerprint density at radius 1 is 1.10 bits per heavy atom. The summed E-state index contributed by atoms with van der Waals surface area (Å²) < 4.78 is 0. The van der Waals surface area contributed by atoms with Gasteiger partial charge < -0.3 is 10.6 Å². The Hall–Kier alpha value is -2.58. The van der Waals surface area contributed by atoms with Crippen molar-refractivity contribution in [2.24, 2.45) is 11.3 Å². The summed E-state index contributed by atoms with van der Waals surface area (Å²) in [7, 11) is 0. The number of imide groups is 2. The van der Waals surface area contributed by atoms with Crippen LogP contribution in [0.2, 0.25) is 0 Å². The smallest absolute Gasteiger partial charge is 0.262 e. The summed E-state index contributed by atoms with van der Waals surface area (Å²) in [6.45, 7) is 3.74. The Balaban J connectivity index is 1.27. The molecule has 8 nitrogen and oxygen atoms in total. The second kappa shape index (κ2) is 7.28. The van der Waals surface area contributed by atoms with Crippen LogP contribution < -0.4 is 16.0 Å². The molecule has 158 valence electrons. The van der Waals surface area contributed by atoms with E-state index in [-0.39, 0.29) is 18.7 Å². The molecule has 3 unspecified atom stereocenters. The lowest BCUT2D eigenvalue weighted by molar-refractivity contribution is -0.136. The Kier molecular flexibility index (Phi) is 4.71. The number of amides is 4. The first-order chi connectivity index (χ1) is 14.5. The first-order valence-electron chi connectivity index (χ1n) is 10.7. The molecule has 3 fully saturated rings. The number of carbonyl (C=O) groups is 4. The highest BCUT2D eigenvalue weighted by molar-refractivity contribution is 6.23. The lowest BCUT2D eigenvalue weighted by Gasteiger charge is -2.34. The fraction of sp³-hybridized carbons (Fsp3) is 0.545. The summed E-state index contributed by atoms with van der Waals surface area (Å²) in [5.74, 6) is -1.09. The molecule has 0 radical (unpaired) electrons. The highest BCUT2D eigenvalue weighted by Gasteiger charge is 2.45. The van der Waals surface area contributed by atoms with Gasteiger partial charge in [0.2, 0.25) is 11.8 Å². The van der Waals surface area contributed by atoms with Crippen LogP contribution in [-0.4, -0.2) is 54.2 Å². The summed E-state index contributed by atoms with van der Waals surface area (Å²) in [6.07, 6.45) is 4.10. The molecule has 1 aliphatic carbocycles. The second-order valence-corrected chi connectivity index (χ2v) is 9.17. The number of carbonyl (C=O) groups excluding carboxylic acids is 4. The molecule has 0 spiro atoms. The molecule has 1 aromatic carbocycles. The fourth-order valence-electron chi connectivity index (χ4n) is 5.53. The van der Waals surface area contributed by atoms with Crippen molar-refractivity contribution in [2.75, 3.05) is 19.6 Å². The van der Waals surface area contributed by atoms with Gasteiger partial charge in [0.25, 0.3) is 11.8 Å². The van der Waals surface area contributed by atoms with E-state index in [0.29, 0.717) is 23.1 Å². The van der Waals surface area contributed by atoms with E-state index in [4.69, 9.17) is 0 Å². The van der Waals surface area contributed by atoms with Crippen LogP contribution in [0.4, 0.5) is 0 Å². The summed E-state index contributed by atoms with van der Waals surface area (Å²) in [4.78, 5) is 50.3. The zero-order chi connectivity index (χ0) is 20.9. The largest absolute Gasteiger partial charge is 0.316 e. The summed E-state index contributed by atoms with van der Waals surface area (Å²) >= 11 is 0. The molecule has 2 saturated heterocycles. The number of hydrogen-bond acceptors (Lipinski definition) is 6. The second-order valence-electron chi connectivity index (χ2n) is 9.17. The zero-order valence-electron chi connectivity index (χ0n) is 16.8. The molecule has 3 aliphatic heterocycles. The Bertz CT molecular complexity index is 941. The monoisotopic (exact) mass is 410 g/mol. The van der Waals surface area contributed by atoms with Crippen LogP contribution in [0.3, 0.4) is 0 Å². The lowest BCUT2D eigenvalue weighted by atomic mass is 9.83. The van der Waals surface area contributed by atoms with Gasteiger partial charge in [-0.15, -0.1) is 0 Å². The van der Waals surface area contributed by atoms with E-state index in [9.17, 15) is 19.2 Å². The van der Waals surface area contributed by atoms with Crippen molar-refractivity contribution < 1.29 is 19.2 Å². The molecule has 3 heterocycles. The molecule has 4 amide bonds. The molecule has 8 heteroatoms. The van der Waals surface area contributed by atoms with Gasteiger partial charge in [0.1, 0.15) is 6.04 Å². The highest BCUT2D eigenvalue weighted by atomic mass is 16.2. The molecule has 1 aromatic rings. The van der Waals surface area contributed by atoms with Crippen molar-refractivity contribution in [2.45, 2.75) is 44.7 Å². The highest BCUT2D eigenvalue weighted by Crippen LogP contribution is 2.43. The van der Waals surface area contributed by atoms with Gasteiger partial charge in [0.15, 0.2) is 0 Å². The molecule has 2 bridgehead atoms. The molecular formula is C22H26N4O4. The van der Waals surface area contributed by atoms with Crippen LogP contribution in [-0.2, 0) is 16.1 Å². The third-order valence-electron chi connectivity index (χ3n) is 7.07. The number of hydrogen-bond donors (Lipinski definition) is 3. The number of fused-ring (bicyclic) bond motifs is 3. The van der Waals surface area contributed by atoms with E-state index in [1.807, 2.05) is 6.07 Å². The van der Waals surface area contributed by atoms with E-state index in [1.165, 1.54) is 19.3 Å². The van der Waals surface area contributed by atoms with Gasteiger partial charge in [0.05, 0.1) is 11.1 Å². The van der Waals surface area contributed by atoms with E-state index in [0.717, 1.165) is 36.0 Å². The van der Waals surface area contributed by atoms with Crippen molar-refractivity contribution in [3.63, 3.8) is 0 Å². The quantitative estimate of drug-likeness (QED) is 0.613. The average Bonchev–Trinajstić information content (AvgIpc) is 3.15. The first-order valence-corrected chi connectivity index (χ1v) is 10.7. The van der Waals surface area contributed by atoms with Gasteiger partial charge >= 0.3 is 0 Å². The fourth-order valence-corrected chi connectivity index (χ4v) is 5.53. The maximum Gasteiger partial charge on any atom is 0.262 e. The summed E-state index contributed by atoms with van der Waals surface area (Å²) in [6, 6.07) is 4.36. The Morgan fingerprint density at radius 2 is 1.93 bits per heavy atom. The molecule has 1 saturated carbocycles. The predicted molar refractivity (Wildman–Crippen MR) is 107 cm³/mol. The zero-order valence-corrected chi connectivity index (χ0v) is 16.8. The molecule has 4 aliphatic rings. The topological polar surface area (TPSA) is 108 Å². The van der Waals surface area contributed by atoms with Crippen LogP contribution in [0.15, 0.2) is 18.2 Å². The van der Waals surface area contributed by atoms with Gasteiger partial charge in [-0.1, -0.05) is 6.07 Å². The molecule has 30 heavy (non-hydrogen) atoms. The van der Waals surface area contributed by atoms with Crippen LogP contribution >= 0.6 is 0 Å². The van der Waals surface area contributed by atoms with Crippen LogP contribution in [0, 0.1) is 11.3 Å². The molecule has 0 aromatic heterocycles. The van der Waals surface area contributed by atoms with E-state index >= 15 is 0 Å².